The Labute approximate surface area is 209 Å². The first-order chi connectivity index (χ1) is 17.1. The van der Waals surface area contributed by atoms with Crippen LogP contribution in [-0.4, -0.2) is 32.3 Å². The Kier molecular flexibility index (Phi) is 6.92. The average Bonchev–Trinajstić information content (AvgIpc) is 3.45. The Morgan fingerprint density at radius 3 is 2.56 bits per heavy atom. The monoisotopic (exact) mass is 491 g/mol. The Morgan fingerprint density at radius 1 is 1.14 bits per heavy atom. The second kappa shape index (κ2) is 9.93. The van der Waals surface area contributed by atoms with Crippen LogP contribution in [0, 0.1) is 19.7 Å². The first kappa shape index (κ1) is 25.1. The summed E-state index contributed by atoms with van der Waals surface area (Å²) in [5.74, 6) is -0.538. The fraction of sp³-hybridized carbons (Fsp3) is 0.333. The zero-order valence-electron chi connectivity index (χ0n) is 21.1. The lowest BCUT2D eigenvalue weighted by molar-refractivity contribution is -0.128. The molecule has 2 heterocycles. The van der Waals surface area contributed by atoms with Gasteiger partial charge in [0.2, 0.25) is 5.91 Å². The normalized spacial score (nSPS) is 12.5. The number of fused-ring (bicyclic) bond motifs is 1. The molecular weight excluding hydrogens is 461 g/mol. The molecule has 1 N–H and O–H groups in total. The van der Waals surface area contributed by atoms with Crippen LogP contribution < -0.4 is 10.2 Å². The number of furan rings is 1. The summed E-state index contributed by atoms with van der Waals surface area (Å²) in [6.07, 6.45) is 0.667. The van der Waals surface area contributed by atoms with E-state index in [0.717, 1.165) is 0 Å². The van der Waals surface area contributed by atoms with Crippen LogP contribution in [0.25, 0.3) is 11.0 Å². The second-order valence-corrected chi connectivity index (χ2v) is 9.51. The third kappa shape index (κ3) is 5.15. The van der Waals surface area contributed by atoms with E-state index in [2.05, 4.69) is 15.6 Å². The second-order valence-electron chi connectivity index (χ2n) is 9.51. The molecule has 0 fully saturated rings. The van der Waals surface area contributed by atoms with E-state index in [0.29, 0.717) is 28.8 Å². The van der Waals surface area contributed by atoms with Gasteiger partial charge in [-0.3, -0.25) is 14.5 Å². The summed E-state index contributed by atoms with van der Waals surface area (Å²) in [5.41, 5.74) is 1.43. The van der Waals surface area contributed by atoms with Crippen molar-refractivity contribution in [2.75, 3.05) is 4.90 Å². The zero-order chi connectivity index (χ0) is 26.0. The van der Waals surface area contributed by atoms with Gasteiger partial charge in [0, 0.05) is 11.2 Å². The summed E-state index contributed by atoms with van der Waals surface area (Å²) < 4.78 is 22.0. The number of benzene rings is 2. The maximum absolute atomic E-state index is 14.7. The van der Waals surface area contributed by atoms with Gasteiger partial charge in [-0.05, 0) is 76.1 Å². The van der Waals surface area contributed by atoms with Gasteiger partial charge >= 0.3 is 0 Å². The Bertz CT molecular complexity index is 1410. The molecular formula is C27H30FN5O3. The minimum atomic E-state index is -1.17. The fourth-order valence-corrected chi connectivity index (χ4v) is 3.87. The number of halogens is 1. The molecule has 8 nitrogen and oxygen atoms in total. The van der Waals surface area contributed by atoms with E-state index in [1.54, 1.807) is 44.2 Å². The first-order valence-electron chi connectivity index (χ1n) is 11.8. The van der Waals surface area contributed by atoms with Gasteiger partial charge in [-0.1, -0.05) is 30.3 Å². The van der Waals surface area contributed by atoms with Gasteiger partial charge in [-0.25, -0.2) is 9.07 Å². The number of nitrogens with one attached hydrogen (secondary N) is 1. The molecule has 0 aliphatic heterocycles. The molecule has 0 aliphatic rings. The van der Waals surface area contributed by atoms with Gasteiger partial charge in [0.15, 0.2) is 6.04 Å². The lowest BCUT2D eigenvalue weighted by atomic mass is 10.0. The van der Waals surface area contributed by atoms with E-state index in [-0.39, 0.29) is 18.0 Å². The number of aryl methyl sites for hydroxylation is 2. The molecule has 4 rings (SSSR count). The highest BCUT2D eigenvalue weighted by Crippen LogP contribution is 2.31. The number of hydrogen-bond acceptors (Lipinski definition) is 5. The van der Waals surface area contributed by atoms with Crippen LogP contribution in [0.15, 0.2) is 59.0 Å². The summed E-state index contributed by atoms with van der Waals surface area (Å²) in [6.45, 7) is 8.94. The number of para-hydroxylation sites is 1. The van der Waals surface area contributed by atoms with E-state index in [1.807, 2.05) is 39.0 Å². The van der Waals surface area contributed by atoms with E-state index >= 15 is 0 Å². The lowest BCUT2D eigenvalue weighted by Crippen LogP contribution is -2.51. The minimum Gasteiger partial charge on any atom is -0.464 e. The highest BCUT2D eigenvalue weighted by Gasteiger charge is 2.37. The highest BCUT2D eigenvalue weighted by atomic mass is 19.1. The highest BCUT2D eigenvalue weighted by molar-refractivity contribution is 6.01. The summed E-state index contributed by atoms with van der Waals surface area (Å²) in [5, 5.41) is 11.2. The van der Waals surface area contributed by atoms with Crippen molar-refractivity contribution in [1.29, 1.82) is 0 Å². The number of hydrogen-bond donors (Lipinski definition) is 1. The van der Waals surface area contributed by atoms with Crippen LogP contribution in [0.2, 0.25) is 0 Å². The van der Waals surface area contributed by atoms with Crippen molar-refractivity contribution in [3.05, 3.63) is 77.5 Å². The van der Waals surface area contributed by atoms with Crippen molar-refractivity contribution < 1.29 is 18.4 Å². The lowest BCUT2D eigenvalue weighted by Gasteiger charge is -2.33. The van der Waals surface area contributed by atoms with Crippen molar-refractivity contribution in [3.8, 4) is 0 Å². The van der Waals surface area contributed by atoms with Gasteiger partial charge < -0.3 is 9.73 Å². The average molecular weight is 492 g/mol. The number of amides is 2. The molecule has 0 spiro atoms. The van der Waals surface area contributed by atoms with Gasteiger partial charge in [-0.2, -0.15) is 0 Å². The molecule has 0 saturated heterocycles. The molecule has 36 heavy (non-hydrogen) atoms. The standard InChI is InChI=1S/C27H30FN5O3/c1-6-27(4,5)29-26(35)25(23-14-12-18(3)36-23)33(19-13-11-17(2)20(28)15-19)24(34)16-32-22-10-8-7-9-21(22)30-31-32/h7-15,25H,6,16H2,1-5H3,(H,29,35)/t25-/m1/s1. The Morgan fingerprint density at radius 2 is 1.89 bits per heavy atom. The molecule has 0 saturated carbocycles. The van der Waals surface area contributed by atoms with E-state index in [1.165, 1.54) is 15.6 Å². The summed E-state index contributed by atoms with van der Waals surface area (Å²) in [7, 11) is 0. The number of carbonyl (C=O) groups is 2. The Balaban J connectivity index is 1.82. The topological polar surface area (TPSA) is 93.3 Å². The molecule has 188 valence electrons. The van der Waals surface area contributed by atoms with Gasteiger partial charge in [-0.15, -0.1) is 5.10 Å². The number of nitrogens with zero attached hydrogens (tertiary/aromatic N) is 4. The number of aromatic nitrogens is 3. The SMILES string of the molecule is CCC(C)(C)NC(=O)[C@@H](c1ccc(C)o1)N(C(=O)Cn1nnc2ccccc21)c1ccc(C)c(F)c1. The van der Waals surface area contributed by atoms with E-state index < -0.39 is 29.2 Å². The quantitative estimate of drug-likeness (QED) is 0.380. The largest absolute Gasteiger partial charge is 0.464 e. The van der Waals surface area contributed by atoms with Gasteiger partial charge in [0.25, 0.3) is 5.91 Å². The molecule has 2 aromatic carbocycles. The van der Waals surface area contributed by atoms with Gasteiger partial charge in [0.05, 0.1) is 5.52 Å². The molecule has 0 bridgehead atoms. The molecule has 1 atom stereocenters. The van der Waals surface area contributed by atoms with Crippen LogP contribution in [-0.2, 0) is 16.1 Å². The molecule has 0 radical (unpaired) electrons. The molecule has 0 aliphatic carbocycles. The fourth-order valence-electron chi connectivity index (χ4n) is 3.87. The van der Waals surface area contributed by atoms with Crippen molar-refractivity contribution in [3.63, 3.8) is 0 Å². The predicted molar refractivity (Wildman–Crippen MR) is 135 cm³/mol. The number of anilines is 1. The maximum Gasteiger partial charge on any atom is 0.251 e. The predicted octanol–water partition coefficient (Wildman–Crippen LogP) is 4.86. The summed E-state index contributed by atoms with van der Waals surface area (Å²) >= 11 is 0. The smallest absolute Gasteiger partial charge is 0.251 e. The number of carbonyl (C=O) groups excluding carboxylic acids is 2. The molecule has 2 aromatic heterocycles. The van der Waals surface area contributed by atoms with E-state index in [4.69, 9.17) is 4.42 Å². The van der Waals surface area contributed by atoms with Crippen LogP contribution >= 0.6 is 0 Å². The zero-order valence-corrected chi connectivity index (χ0v) is 21.1. The van der Waals surface area contributed by atoms with Crippen molar-refractivity contribution in [1.82, 2.24) is 20.3 Å². The van der Waals surface area contributed by atoms with Crippen LogP contribution in [0.5, 0.6) is 0 Å². The molecule has 0 unspecified atom stereocenters. The summed E-state index contributed by atoms with van der Waals surface area (Å²) in [6, 6.07) is 13.9. The number of rotatable bonds is 8. The minimum absolute atomic E-state index is 0.212. The van der Waals surface area contributed by atoms with Crippen molar-refractivity contribution >= 4 is 28.5 Å². The van der Waals surface area contributed by atoms with Crippen LogP contribution in [0.1, 0.15) is 50.3 Å². The first-order valence-corrected chi connectivity index (χ1v) is 11.8. The van der Waals surface area contributed by atoms with E-state index in [9.17, 15) is 14.0 Å². The van der Waals surface area contributed by atoms with Crippen molar-refractivity contribution in [2.45, 2.75) is 59.2 Å². The maximum atomic E-state index is 14.7. The third-order valence-electron chi connectivity index (χ3n) is 6.29. The molecule has 4 aromatic rings. The Hall–Kier alpha value is -4.01. The van der Waals surface area contributed by atoms with Crippen LogP contribution in [0.3, 0.4) is 0 Å². The third-order valence-corrected chi connectivity index (χ3v) is 6.29. The molecule has 9 heteroatoms. The van der Waals surface area contributed by atoms with Crippen molar-refractivity contribution in [2.24, 2.45) is 0 Å². The molecule has 2 amide bonds. The van der Waals surface area contributed by atoms with Crippen LogP contribution in [0.4, 0.5) is 10.1 Å². The van der Waals surface area contributed by atoms with Gasteiger partial charge in [0.1, 0.15) is 29.4 Å². The summed E-state index contributed by atoms with van der Waals surface area (Å²) in [4.78, 5) is 28.9.